The fourth-order valence-corrected chi connectivity index (χ4v) is 5.12. The summed E-state index contributed by atoms with van der Waals surface area (Å²) in [6.45, 7) is 11.1. The van der Waals surface area contributed by atoms with Crippen LogP contribution >= 0.6 is 0 Å². The minimum absolute atomic E-state index is 0.0260. The molecule has 11 nitrogen and oxygen atoms in total. The number of anilines is 6. The summed E-state index contributed by atoms with van der Waals surface area (Å²) in [5.74, 6) is 0.902. The van der Waals surface area contributed by atoms with Crippen LogP contribution in [0.2, 0.25) is 0 Å². The monoisotopic (exact) mass is 598 g/mol. The van der Waals surface area contributed by atoms with Gasteiger partial charge in [0.15, 0.2) is 5.82 Å². The van der Waals surface area contributed by atoms with E-state index in [-0.39, 0.29) is 23.5 Å². The van der Waals surface area contributed by atoms with E-state index < -0.39 is 0 Å². The molecule has 1 aromatic heterocycles. The molecule has 11 heteroatoms. The van der Waals surface area contributed by atoms with Crippen molar-refractivity contribution < 1.29 is 14.3 Å². The minimum atomic E-state index is -0.327. The molecule has 232 valence electrons. The van der Waals surface area contributed by atoms with Gasteiger partial charge in [-0.05, 0) is 76.6 Å². The van der Waals surface area contributed by atoms with Gasteiger partial charge in [0, 0.05) is 45.1 Å². The fraction of sp³-hybridized carbons (Fsp3) is 0.394. The van der Waals surface area contributed by atoms with Crippen LogP contribution in [0.5, 0.6) is 5.75 Å². The lowest BCUT2D eigenvalue weighted by molar-refractivity contribution is -0.111. The molecule has 1 aliphatic heterocycles. The number of hydrogen-bond donors (Lipinski definition) is 3. The molecule has 0 bridgehead atoms. The summed E-state index contributed by atoms with van der Waals surface area (Å²) in [6.07, 6.45) is 5.79. The van der Waals surface area contributed by atoms with E-state index in [1.807, 2.05) is 56.3 Å². The zero-order valence-corrected chi connectivity index (χ0v) is 26.0. The van der Waals surface area contributed by atoms with E-state index in [2.05, 4.69) is 55.4 Å². The summed E-state index contributed by atoms with van der Waals surface area (Å²) in [4.78, 5) is 26.1. The fourth-order valence-electron chi connectivity index (χ4n) is 5.12. The second-order valence-corrected chi connectivity index (χ2v) is 10.9. The first kappa shape index (κ1) is 32.3. The number of nitriles is 1. The summed E-state index contributed by atoms with van der Waals surface area (Å²) in [7, 11) is 3.92. The van der Waals surface area contributed by atoms with E-state index in [9.17, 15) is 10.1 Å². The van der Waals surface area contributed by atoms with Gasteiger partial charge in [0.1, 0.15) is 17.4 Å². The van der Waals surface area contributed by atoms with Crippen LogP contribution in [0.1, 0.15) is 38.7 Å². The Morgan fingerprint density at radius 3 is 2.66 bits per heavy atom. The van der Waals surface area contributed by atoms with Crippen molar-refractivity contribution in [2.75, 3.05) is 61.2 Å². The van der Waals surface area contributed by atoms with Crippen LogP contribution in [0.15, 0.2) is 61.3 Å². The molecule has 3 aromatic rings. The molecule has 0 radical (unpaired) electrons. The number of benzene rings is 2. The quantitative estimate of drug-likeness (QED) is 0.157. The van der Waals surface area contributed by atoms with E-state index in [4.69, 9.17) is 9.47 Å². The van der Waals surface area contributed by atoms with Crippen LogP contribution in [-0.4, -0.2) is 73.3 Å². The number of aromatic nitrogens is 2. The van der Waals surface area contributed by atoms with Crippen molar-refractivity contribution in [3.05, 3.63) is 66.9 Å². The lowest BCUT2D eigenvalue weighted by Gasteiger charge is -2.38. The number of nitrogens with one attached hydrogen (secondary N) is 3. The summed E-state index contributed by atoms with van der Waals surface area (Å²) in [5, 5.41) is 19.1. The average Bonchev–Trinajstić information content (AvgIpc) is 3.03. The highest BCUT2D eigenvalue weighted by atomic mass is 16.5. The predicted octanol–water partition coefficient (Wildman–Crippen LogP) is 5.68. The molecule has 2 aromatic carbocycles. The Balaban J connectivity index is 1.53. The van der Waals surface area contributed by atoms with E-state index >= 15 is 0 Å². The van der Waals surface area contributed by atoms with Gasteiger partial charge in [-0.1, -0.05) is 18.7 Å². The molecule has 44 heavy (non-hydrogen) atoms. The van der Waals surface area contributed by atoms with Gasteiger partial charge in [-0.25, -0.2) is 4.98 Å². The van der Waals surface area contributed by atoms with E-state index in [0.29, 0.717) is 34.7 Å². The Kier molecular flexibility index (Phi) is 11.5. The molecule has 4 rings (SSSR count). The third-order valence-electron chi connectivity index (χ3n) is 7.42. The largest absolute Gasteiger partial charge is 0.489 e. The number of carbonyl (C=O) groups is 1. The molecule has 0 atom stereocenters. The smallest absolute Gasteiger partial charge is 0.247 e. The molecule has 0 saturated carbocycles. The normalized spacial score (nSPS) is 13.4. The molecule has 2 heterocycles. The second kappa shape index (κ2) is 15.7. The van der Waals surface area contributed by atoms with E-state index in [1.54, 1.807) is 7.11 Å². The Morgan fingerprint density at radius 1 is 1.18 bits per heavy atom. The standard InChI is InChI=1S/C33H42N8O3/c1-6-31(42)36-29-20-26(41-17-14-25(15-18-41)40(4)16-9-19-43-5)12-13-27(29)38-33-35-22-24(21-34)32(39-33)37-28-10-7-8-11-30(28)44-23(2)3/h6-8,10-13,20,22-23,25H,1,9,14-19H2,2-5H3,(H,36,42)(H2,35,37,38,39). The van der Waals surface area contributed by atoms with Crippen molar-refractivity contribution in [3.8, 4) is 11.8 Å². The van der Waals surface area contributed by atoms with Gasteiger partial charge in [-0.15, -0.1) is 0 Å². The van der Waals surface area contributed by atoms with Crippen LogP contribution in [-0.2, 0) is 9.53 Å². The lowest BCUT2D eigenvalue weighted by atomic mass is 10.0. The Morgan fingerprint density at radius 2 is 1.95 bits per heavy atom. The van der Waals surface area contributed by atoms with Crippen LogP contribution in [0.3, 0.4) is 0 Å². The number of ether oxygens (including phenoxy) is 2. The number of nitrogens with zero attached hydrogens (tertiary/aromatic N) is 5. The molecular formula is C33H42N8O3. The van der Waals surface area contributed by atoms with E-state index in [1.165, 1.54) is 12.3 Å². The van der Waals surface area contributed by atoms with Crippen LogP contribution in [0, 0.1) is 11.3 Å². The van der Waals surface area contributed by atoms with E-state index in [0.717, 1.165) is 51.2 Å². The van der Waals surface area contributed by atoms with Crippen molar-refractivity contribution in [3.63, 3.8) is 0 Å². The maximum atomic E-state index is 12.4. The summed E-state index contributed by atoms with van der Waals surface area (Å²) >= 11 is 0. The lowest BCUT2D eigenvalue weighted by Crippen LogP contribution is -2.43. The zero-order valence-electron chi connectivity index (χ0n) is 26.0. The van der Waals surface area contributed by atoms with Crippen molar-refractivity contribution in [2.24, 2.45) is 0 Å². The highest BCUT2D eigenvalue weighted by Gasteiger charge is 2.23. The first-order valence-electron chi connectivity index (χ1n) is 14.9. The Bertz CT molecular complexity index is 1460. The van der Waals surface area contributed by atoms with Crippen molar-refractivity contribution in [1.82, 2.24) is 14.9 Å². The van der Waals surface area contributed by atoms with Crippen LogP contribution < -0.4 is 25.6 Å². The van der Waals surface area contributed by atoms with Gasteiger partial charge in [0.25, 0.3) is 0 Å². The highest BCUT2D eigenvalue weighted by molar-refractivity contribution is 6.02. The molecular weight excluding hydrogens is 556 g/mol. The topological polar surface area (TPSA) is 128 Å². The maximum absolute atomic E-state index is 12.4. The molecule has 3 N–H and O–H groups in total. The predicted molar refractivity (Wildman–Crippen MR) is 175 cm³/mol. The molecule has 1 fully saturated rings. The van der Waals surface area contributed by atoms with Crippen LogP contribution in [0.25, 0.3) is 0 Å². The maximum Gasteiger partial charge on any atom is 0.247 e. The molecule has 1 saturated heterocycles. The van der Waals surface area contributed by atoms with Gasteiger partial charge in [-0.3, -0.25) is 4.79 Å². The summed E-state index contributed by atoms with van der Waals surface area (Å²) in [5.41, 5.74) is 3.15. The molecule has 1 aliphatic rings. The Hall–Kier alpha value is -4.66. The average molecular weight is 599 g/mol. The number of hydrogen-bond acceptors (Lipinski definition) is 10. The van der Waals surface area contributed by atoms with Gasteiger partial charge < -0.3 is 35.2 Å². The van der Waals surface area contributed by atoms with Crippen molar-refractivity contribution >= 4 is 40.4 Å². The zero-order chi connectivity index (χ0) is 31.5. The third-order valence-corrected chi connectivity index (χ3v) is 7.42. The highest BCUT2D eigenvalue weighted by Crippen LogP contribution is 2.33. The number of para-hydroxylation sites is 2. The SMILES string of the molecule is C=CC(=O)Nc1cc(N2CCC(N(C)CCCOC)CC2)ccc1Nc1ncc(C#N)c(Nc2ccccc2OC(C)C)n1. The molecule has 0 aliphatic carbocycles. The molecule has 0 spiro atoms. The third kappa shape index (κ3) is 8.69. The first-order chi connectivity index (χ1) is 21.3. The van der Waals surface area contributed by atoms with Gasteiger partial charge in [0.2, 0.25) is 11.9 Å². The number of methoxy groups -OCH3 is 1. The Labute approximate surface area is 259 Å². The first-order valence-corrected chi connectivity index (χ1v) is 14.9. The van der Waals surface area contributed by atoms with Crippen molar-refractivity contribution in [1.29, 1.82) is 5.26 Å². The number of rotatable bonds is 14. The number of carbonyl (C=O) groups excluding carboxylic acids is 1. The summed E-state index contributed by atoms with van der Waals surface area (Å²) in [6, 6.07) is 16.0. The van der Waals surface area contributed by atoms with Gasteiger partial charge >= 0.3 is 0 Å². The second-order valence-electron chi connectivity index (χ2n) is 10.9. The molecule has 0 unspecified atom stereocenters. The number of piperidine rings is 1. The number of amides is 1. The summed E-state index contributed by atoms with van der Waals surface area (Å²) < 4.78 is 11.1. The minimum Gasteiger partial charge on any atom is -0.489 e. The van der Waals surface area contributed by atoms with Gasteiger partial charge in [0.05, 0.1) is 29.4 Å². The van der Waals surface area contributed by atoms with Crippen LogP contribution in [0.4, 0.5) is 34.5 Å². The van der Waals surface area contributed by atoms with Gasteiger partial charge in [-0.2, -0.15) is 10.2 Å². The van der Waals surface area contributed by atoms with Crippen molar-refractivity contribution in [2.45, 2.75) is 45.3 Å². The molecule has 1 amide bonds.